The summed E-state index contributed by atoms with van der Waals surface area (Å²) >= 11 is 9.14. The molecule has 0 aliphatic carbocycles. The highest BCUT2D eigenvalue weighted by Gasteiger charge is 2.09. The van der Waals surface area contributed by atoms with E-state index in [0.717, 1.165) is 21.2 Å². The van der Waals surface area contributed by atoms with E-state index in [0.29, 0.717) is 16.5 Å². The lowest BCUT2D eigenvalue weighted by Gasteiger charge is -2.06. The van der Waals surface area contributed by atoms with E-state index in [1.54, 1.807) is 30.0 Å². The molecule has 1 N–H and O–H groups in total. The Kier molecular flexibility index (Phi) is 6.29. The number of anilines is 1. The number of rotatable bonds is 6. The van der Waals surface area contributed by atoms with Crippen LogP contribution in [-0.4, -0.2) is 10.9 Å². The van der Waals surface area contributed by atoms with Gasteiger partial charge in [0.2, 0.25) is 5.91 Å². The number of nitrogens with one attached hydrogen (secondary N) is 1. The molecular formula is C19H16ClFN2OS2. The molecule has 0 aliphatic rings. The number of carbonyl (C=O) groups is 1. The van der Waals surface area contributed by atoms with Gasteiger partial charge in [0, 0.05) is 21.8 Å². The Bertz CT molecular complexity index is 912. The number of nitrogens with zero attached hydrogens (tertiary/aromatic N) is 1. The highest BCUT2D eigenvalue weighted by atomic mass is 35.5. The van der Waals surface area contributed by atoms with Gasteiger partial charge in [-0.05, 0) is 42.3 Å². The van der Waals surface area contributed by atoms with Crippen molar-refractivity contribution < 1.29 is 9.18 Å². The average Bonchev–Trinajstić information content (AvgIpc) is 3.05. The van der Waals surface area contributed by atoms with Gasteiger partial charge in [0.05, 0.1) is 12.1 Å². The molecule has 1 aromatic heterocycles. The van der Waals surface area contributed by atoms with Crippen LogP contribution in [0.25, 0.3) is 0 Å². The van der Waals surface area contributed by atoms with Crippen molar-refractivity contribution in [3.05, 3.63) is 75.5 Å². The largest absolute Gasteiger partial charge is 0.326 e. The molecule has 3 nitrogen and oxygen atoms in total. The van der Waals surface area contributed by atoms with Crippen molar-refractivity contribution in [2.45, 2.75) is 23.4 Å². The topological polar surface area (TPSA) is 42.0 Å². The number of halogens is 2. The molecule has 134 valence electrons. The number of aryl methyl sites for hydroxylation is 1. The molecular weight excluding hydrogens is 391 g/mol. The zero-order valence-corrected chi connectivity index (χ0v) is 16.3. The molecule has 0 unspecified atom stereocenters. The number of thioether (sulfide) groups is 1. The predicted molar refractivity (Wildman–Crippen MR) is 107 cm³/mol. The summed E-state index contributed by atoms with van der Waals surface area (Å²) in [6, 6.07) is 11.8. The summed E-state index contributed by atoms with van der Waals surface area (Å²) in [5.41, 5.74) is 3.40. The maximum absolute atomic E-state index is 12.9. The van der Waals surface area contributed by atoms with Gasteiger partial charge in [0.25, 0.3) is 0 Å². The first-order valence-corrected chi connectivity index (χ1v) is 10.1. The zero-order chi connectivity index (χ0) is 18.5. The Balaban J connectivity index is 1.53. The Morgan fingerprint density at radius 3 is 2.77 bits per heavy atom. The number of carbonyl (C=O) groups excluding carboxylic acids is 1. The Morgan fingerprint density at radius 2 is 2.04 bits per heavy atom. The predicted octanol–water partition coefficient (Wildman–Crippen LogP) is 5.72. The maximum Gasteiger partial charge on any atom is 0.230 e. The van der Waals surface area contributed by atoms with E-state index in [-0.39, 0.29) is 18.1 Å². The van der Waals surface area contributed by atoms with Gasteiger partial charge < -0.3 is 5.32 Å². The van der Waals surface area contributed by atoms with Crippen LogP contribution in [0.3, 0.4) is 0 Å². The summed E-state index contributed by atoms with van der Waals surface area (Å²) in [5, 5.41) is 5.33. The number of amides is 1. The van der Waals surface area contributed by atoms with Gasteiger partial charge in [0.15, 0.2) is 0 Å². The van der Waals surface area contributed by atoms with E-state index < -0.39 is 0 Å². The minimum absolute atomic E-state index is 0.134. The third-order valence-electron chi connectivity index (χ3n) is 3.60. The number of thiazole rings is 1. The van der Waals surface area contributed by atoms with Crippen LogP contribution in [0, 0.1) is 12.7 Å². The van der Waals surface area contributed by atoms with Gasteiger partial charge in [-0.1, -0.05) is 41.6 Å². The number of hydrogen-bond donors (Lipinski definition) is 1. The molecule has 26 heavy (non-hydrogen) atoms. The summed E-state index contributed by atoms with van der Waals surface area (Å²) in [7, 11) is 0. The fraction of sp³-hybridized carbons (Fsp3) is 0.158. The lowest BCUT2D eigenvalue weighted by Crippen LogP contribution is -2.14. The van der Waals surface area contributed by atoms with E-state index in [4.69, 9.17) is 11.6 Å². The van der Waals surface area contributed by atoms with Crippen molar-refractivity contribution in [2.75, 3.05) is 5.32 Å². The second-order valence-corrected chi connectivity index (χ2v) is 8.20. The summed E-state index contributed by atoms with van der Waals surface area (Å²) in [4.78, 5) is 16.6. The van der Waals surface area contributed by atoms with Crippen molar-refractivity contribution in [1.82, 2.24) is 4.98 Å². The average molecular weight is 407 g/mol. The standard InChI is InChI=1S/C19H16ClFN2OS2/c1-12-2-7-15(8-17(12)20)22-18(24)9-16-11-26-19(23-16)25-10-13-3-5-14(21)6-4-13/h2-8,11H,9-10H2,1H3,(H,22,24). The monoisotopic (exact) mass is 406 g/mol. The van der Waals surface area contributed by atoms with Crippen LogP contribution in [0.15, 0.2) is 52.2 Å². The minimum Gasteiger partial charge on any atom is -0.326 e. The van der Waals surface area contributed by atoms with E-state index in [1.165, 1.54) is 23.5 Å². The molecule has 0 fully saturated rings. The minimum atomic E-state index is -0.240. The van der Waals surface area contributed by atoms with E-state index in [1.807, 2.05) is 24.4 Å². The highest BCUT2D eigenvalue weighted by molar-refractivity contribution is 8.00. The fourth-order valence-corrected chi connectivity index (χ4v) is 4.18. The van der Waals surface area contributed by atoms with Crippen molar-refractivity contribution in [3.8, 4) is 0 Å². The molecule has 0 atom stereocenters. The molecule has 0 aliphatic heterocycles. The van der Waals surface area contributed by atoms with Crippen LogP contribution in [-0.2, 0) is 17.0 Å². The van der Waals surface area contributed by atoms with Crippen molar-refractivity contribution in [3.63, 3.8) is 0 Å². The van der Waals surface area contributed by atoms with Crippen LogP contribution in [0.2, 0.25) is 5.02 Å². The third kappa shape index (κ3) is 5.30. The maximum atomic E-state index is 12.9. The SMILES string of the molecule is Cc1ccc(NC(=O)Cc2csc(SCc3ccc(F)cc3)n2)cc1Cl. The molecule has 0 saturated carbocycles. The first kappa shape index (κ1) is 18.9. The van der Waals surface area contributed by atoms with Crippen molar-refractivity contribution >= 4 is 46.3 Å². The van der Waals surface area contributed by atoms with Gasteiger partial charge in [0.1, 0.15) is 10.2 Å². The molecule has 0 radical (unpaired) electrons. The van der Waals surface area contributed by atoms with Crippen LogP contribution < -0.4 is 5.32 Å². The normalized spacial score (nSPS) is 10.7. The number of aromatic nitrogens is 1. The van der Waals surface area contributed by atoms with Gasteiger partial charge >= 0.3 is 0 Å². The molecule has 7 heteroatoms. The van der Waals surface area contributed by atoms with Crippen molar-refractivity contribution in [1.29, 1.82) is 0 Å². The third-order valence-corrected chi connectivity index (χ3v) is 6.15. The summed E-state index contributed by atoms with van der Waals surface area (Å²) < 4.78 is 13.8. The van der Waals surface area contributed by atoms with Gasteiger partial charge in [-0.3, -0.25) is 4.79 Å². The van der Waals surface area contributed by atoms with Crippen LogP contribution >= 0.6 is 34.7 Å². The molecule has 0 spiro atoms. The quantitative estimate of drug-likeness (QED) is 0.532. The van der Waals surface area contributed by atoms with Gasteiger partial charge in [-0.15, -0.1) is 11.3 Å². The number of benzene rings is 2. The van der Waals surface area contributed by atoms with Gasteiger partial charge in [-0.25, -0.2) is 9.37 Å². The molecule has 3 rings (SSSR count). The van der Waals surface area contributed by atoms with Crippen molar-refractivity contribution in [2.24, 2.45) is 0 Å². The van der Waals surface area contributed by atoms with E-state index in [2.05, 4.69) is 10.3 Å². The van der Waals surface area contributed by atoms with Crippen LogP contribution in [0.4, 0.5) is 10.1 Å². The van der Waals surface area contributed by atoms with E-state index >= 15 is 0 Å². The lowest BCUT2D eigenvalue weighted by atomic mass is 10.2. The summed E-state index contributed by atoms with van der Waals surface area (Å²) in [6.45, 7) is 1.91. The molecule has 2 aromatic carbocycles. The number of hydrogen-bond acceptors (Lipinski definition) is 4. The smallest absolute Gasteiger partial charge is 0.230 e. The molecule has 0 bridgehead atoms. The van der Waals surface area contributed by atoms with Gasteiger partial charge in [-0.2, -0.15) is 0 Å². The lowest BCUT2D eigenvalue weighted by molar-refractivity contribution is -0.115. The Labute approximate surface area is 164 Å². The Hall–Kier alpha value is -1.89. The van der Waals surface area contributed by atoms with Crippen LogP contribution in [0.1, 0.15) is 16.8 Å². The molecule has 0 saturated heterocycles. The second-order valence-electron chi connectivity index (χ2n) is 5.71. The zero-order valence-electron chi connectivity index (χ0n) is 14.0. The summed E-state index contributed by atoms with van der Waals surface area (Å²) in [5.74, 6) is 0.336. The first-order chi connectivity index (χ1) is 12.5. The molecule has 1 heterocycles. The highest BCUT2D eigenvalue weighted by Crippen LogP contribution is 2.27. The van der Waals surface area contributed by atoms with Crippen LogP contribution in [0.5, 0.6) is 0 Å². The molecule has 1 amide bonds. The molecule has 3 aromatic rings. The summed E-state index contributed by atoms with van der Waals surface area (Å²) in [6.07, 6.45) is 0.207. The second kappa shape index (κ2) is 8.66. The van der Waals surface area contributed by atoms with E-state index in [9.17, 15) is 9.18 Å². The first-order valence-electron chi connectivity index (χ1n) is 7.87. The fourth-order valence-electron chi connectivity index (χ4n) is 2.20. The Morgan fingerprint density at radius 1 is 1.27 bits per heavy atom.